The Hall–Kier alpha value is -1.95. The smallest absolute Gasteiger partial charge is 0.262 e. The molecule has 0 heterocycles. The average Bonchev–Trinajstić information content (AvgIpc) is 2.33. The van der Waals surface area contributed by atoms with E-state index in [-0.39, 0.29) is 4.90 Å². The van der Waals surface area contributed by atoms with E-state index in [4.69, 9.17) is 0 Å². The third kappa shape index (κ3) is 2.96. The van der Waals surface area contributed by atoms with Gasteiger partial charge in [0.2, 0.25) is 0 Å². The second-order valence-corrected chi connectivity index (χ2v) is 6.15. The average molecular weight is 297 g/mol. The van der Waals surface area contributed by atoms with Gasteiger partial charge in [0.05, 0.1) is 10.6 Å². The zero-order valence-corrected chi connectivity index (χ0v) is 11.8. The van der Waals surface area contributed by atoms with Gasteiger partial charge in [0.15, 0.2) is 0 Å². The topological polar surface area (TPSA) is 46.2 Å². The molecule has 0 saturated carbocycles. The molecule has 3 nitrogen and oxygen atoms in total. The first-order valence-electron chi connectivity index (χ1n) is 5.85. The van der Waals surface area contributed by atoms with Crippen molar-refractivity contribution in [2.24, 2.45) is 0 Å². The van der Waals surface area contributed by atoms with Crippen LogP contribution in [0.15, 0.2) is 41.3 Å². The summed E-state index contributed by atoms with van der Waals surface area (Å²) in [6.45, 7) is 3.48. The van der Waals surface area contributed by atoms with Gasteiger partial charge >= 0.3 is 0 Å². The highest BCUT2D eigenvalue weighted by Crippen LogP contribution is 2.22. The van der Waals surface area contributed by atoms with E-state index in [0.717, 1.165) is 23.8 Å². The maximum atomic E-state index is 13.5. The van der Waals surface area contributed by atoms with Gasteiger partial charge in [-0.15, -0.1) is 0 Å². The Kier molecular flexibility index (Phi) is 3.76. The Bertz CT molecular complexity index is 758. The molecule has 6 heteroatoms. The number of halogens is 2. The minimum Gasteiger partial charge on any atom is -0.277 e. The van der Waals surface area contributed by atoms with E-state index in [2.05, 4.69) is 4.72 Å². The lowest BCUT2D eigenvalue weighted by molar-refractivity contribution is 0.594. The van der Waals surface area contributed by atoms with Crippen molar-refractivity contribution in [2.75, 3.05) is 4.72 Å². The monoisotopic (exact) mass is 297 g/mol. The highest BCUT2D eigenvalue weighted by molar-refractivity contribution is 7.92. The molecule has 106 valence electrons. The van der Waals surface area contributed by atoms with Crippen LogP contribution in [0.3, 0.4) is 0 Å². The summed E-state index contributed by atoms with van der Waals surface area (Å²) in [7, 11) is -3.96. The van der Waals surface area contributed by atoms with Gasteiger partial charge in [-0.05, 0) is 37.6 Å². The fraction of sp³-hybridized carbons (Fsp3) is 0.143. The van der Waals surface area contributed by atoms with Gasteiger partial charge in [-0.2, -0.15) is 0 Å². The largest absolute Gasteiger partial charge is 0.277 e. The number of hydrogen-bond donors (Lipinski definition) is 1. The van der Waals surface area contributed by atoms with Crippen LogP contribution in [0.2, 0.25) is 0 Å². The fourth-order valence-corrected chi connectivity index (χ4v) is 3.16. The van der Waals surface area contributed by atoms with Crippen LogP contribution in [-0.4, -0.2) is 8.42 Å². The summed E-state index contributed by atoms with van der Waals surface area (Å²) in [6.07, 6.45) is 0. The molecule has 1 N–H and O–H groups in total. The van der Waals surface area contributed by atoms with Crippen molar-refractivity contribution in [2.45, 2.75) is 18.7 Å². The van der Waals surface area contributed by atoms with Crippen LogP contribution in [0.4, 0.5) is 14.5 Å². The van der Waals surface area contributed by atoms with Gasteiger partial charge in [-0.25, -0.2) is 17.2 Å². The fourth-order valence-electron chi connectivity index (χ4n) is 1.88. The first-order chi connectivity index (χ1) is 9.29. The van der Waals surface area contributed by atoms with Gasteiger partial charge in [-0.1, -0.05) is 17.7 Å². The Morgan fingerprint density at radius 1 is 1.00 bits per heavy atom. The highest BCUT2D eigenvalue weighted by Gasteiger charge is 2.18. The summed E-state index contributed by atoms with van der Waals surface area (Å²) >= 11 is 0. The van der Waals surface area contributed by atoms with E-state index in [1.807, 2.05) is 6.92 Å². The minimum absolute atomic E-state index is 0.0340. The summed E-state index contributed by atoms with van der Waals surface area (Å²) in [5.74, 6) is -1.55. The molecule has 0 bridgehead atoms. The second-order valence-electron chi connectivity index (χ2n) is 4.50. The van der Waals surface area contributed by atoms with Crippen molar-refractivity contribution in [1.29, 1.82) is 0 Å². The summed E-state index contributed by atoms with van der Waals surface area (Å²) in [5.41, 5.74) is 1.04. The molecule has 0 saturated heterocycles. The first-order valence-corrected chi connectivity index (χ1v) is 7.33. The quantitative estimate of drug-likeness (QED) is 0.944. The van der Waals surface area contributed by atoms with E-state index in [1.54, 1.807) is 19.1 Å². The number of hydrogen-bond acceptors (Lipinski definition) is 2. The van der Waals surface area contributed by atoms with Gasteiger partial charge in [0.25, 0.3) is 10.0 Å². The minimum atomic E-state index is -3.96. The Balaban J connectivity index is 2.43. The third-order valence-corrected chi connectivity index (χ3v) is 4.32. The van der Waals surface area contributed by atoms with Crippen LogP contribution < -0.4 is 4.72 Å². The lowest BCUT2D eigenvalue weighted by atomic mass is 10.2. The Morgan fingerprint density at radius 3 is 2.35 bits per heavy atom. The number of anilines is 1. The van der Waals surface area contributed by atoms with Gasteiger partial charge in [-0.3, -0.25) is 4.72 Å². The van der Waals surface area contributed by atoms with E-state index < -0.39 is 27.3 Å². The molecule has 0 spiro atoms. The first kappa shape index (κ1) is 14.5. The normalized spacial score (nSPS) is 11.4. The molecule has 0 aliphatic heterocycles. The zero-order chi connectivity index (χ0) is 14.9. The summed E-state index contributed by atoms with van der Waals surface area (Å²) in [5, 5.41) is 0. The maximum Gasteiger partial charge on any atom is 0.262 e. The summed E-state index contributed by atoms with van der Waals surface area (Å²) < 4.78 is 53.0. The number of aryl methyl sites for hydroxylation is 2. The van der Waals surface area contributed by atoms with Crippen molar-refractivity contribution >= 4 is 15.7 Å². The number of benzene rings is 2. The molecule has 2 aromatic rings. The van der Waals surface area contributed by atoms with Crippen LogP contribution in [-0.2, 0) is 10.0 Å². The number of sulfonamides is 1. The van der Waals surface area contributed by atoms with E-state index in [9.17, 15) is 17.2 Å². The summed E-state index contributed by atoms with van der Waals surface area (Å²) in [4.78, 5) is 0.0340. The SMILES string of the molecule is Cc1ccc(S(=O)(=O)Nc2cc(F)ccc2F)c(C)c1. The van der Waals surface area contributed by atoms with E-state index >= 15 is 0 Å². The van der Waals surface area contributed by atoms with E-state index in [0.29, 0.717) is 5.56 Å². The molecule has 2 rings (SSSR count). The van der Waals surface area contributed by atoms with Crippen LogP contribution in [0.1, 0.15) is 11.1 Å². The number of rotatable bonds is 3. The molecule has 2 aromatic carbocycles. The molecule has 0 unspecified atom stereocenters. The van der Waals surface area contributed by atoms with Crippen molar-refractivity contribution in [3.8, 4) is 0 Å². The van der Waals surface area contributed by atoms with Crippen molar-refractivity contribution in [3.63, 3.8) is 0 Å². The predicted molar refractivity (Wildman–Crippen MR) is 73.1 cm³/mol. The van der Waals surface area contributed by atoms with Crippen molar-refractivity contribution in [3.05, 3.63) is 59.2 Å². The molecular weight excluding hydrogens is 284 g/mol. The van der Waals surface area contributed by atoms with Crippen LogP contribution in [0.5, 0.6) is 0 Å². The van der Waals surface area contributed by atoms with Crippen molar-refractivity contribution < 1.29 is 17.2 Å². The number of nitrogens with one attached hydrogen (secondary N) is 1. The highest BCUT2D eigenvalue weighted by atomic mass is 32.2. The third-order valence-electron chi connectivity index (χ3n) is 2.79. The molecule has 0 amide bonds. The predicted octanol–water partition coefficient (Wildman–Crippen LogP) is 3.38. The molecule has 0 fully saturated rings. The van der Waals surface area contributed by atoms with Gasteiger partial charge in [0, 0.05) is 6.07 Å². The second kappa shape index (κ2) is 5.20. The van der Waals surface area contributed by atoms with Crippen LogP contribution in [0, 0.1) is 25.5 Å². The molecule has 0 aliphatic rings. The zero-order valence-electron chi connectivity index (χ0n) is 10.9. The Morgan fingerprint density at radius 2 is 1.70 bits per heavy atom. The molecule has 0 atom stereocenters. The molecule has 0 aliphatic carbocycles. The Labute approximate surface area is 116 Å². The molecular formula is C14H13F2NO2S. The van der Waals surface area contributed by atoms with Gasteiger partial charge in [0.1, 0.15) is 11.6 Å². The molecule has 0 radical (unpaired) electrons. The van der Waals surface area contributed by atoms with E-state index in [1.165, 1.54) is 6.07 Å². The van der Waals surface area contributed by atoms with Gasteiger partial charge < -0.3 is 0 Å². The maximum absolute atomic E-state index is 13.5. The van der Waals surface area contributed by atoms with Crippen LogP contribution in [0.25, 0.3) is 0 Å². The summed E-state index contributed by atoms with van der Waals surface area (Å²) in [6, 6.07) is 7.38. The molecule has 0 aromatic heterocycles. The lowest BCUT2D eigenvalue weighted by Crippen LogP contribution is -2.15. The lowest BCUT2D eigenvalue weighted by Gasteiger charge is -2.11. The molecule has 20 heavy (non-hydrogen) atoms. The van der Waals surface area contributed by atoms with Crippen LogP contribution >= 0.6 is 0 Å². The standard InChI is InChI=1S/C14H13F2NO2S/c1-9-3-6-14(10(2)7-9)20(18,19)17-13-8-11(15)4-5-12(13)16/h3-8,17H,1-2H3. The van der Waals surface area contributed by atoms with Crippen molar-refractivity contribution in [1.82, 2.24) is 0 Å².